The van der Waals surface area contributed by atoms with Crippen LogP contribution in [0.15, 0.2) is 28.4 Å². The van der Waals surface area contributed by atoms with E-state index in [1.807, 2.05) is 32.7 Å². The van der Waals surface area contributed by atoms with Gasteiger partial charge < -0.3 is 9.64 Å². The van der Waals surface area contributed by atoms with Gasteiger partial charge in [-0.15, -0.1) is 0 Å². The van der Waals surface area contributed by atoms with E-state index in [2.05, 4.69) is 18.5 Å². The molecule has 4 nitrogen and oxygen atoms in total. The summed E-state index contributed by atoms with van der Waals surface area (Å²) in [6.45, 7) is 12.0. The smallest absolute Gasteiger partial charge is 0.328 e. The molecule has 0 radical (unpaired) electrons. The van der Waals surface area contributed by atoms with E-state index in [9.17, 15) is 4.79 Å². The molecule has 1 aliphatic rings. The zero-order valence-corrected chi connectivity index (χ0v) is 14.2. The minimum atomic E-state index is -0.339. The predicted molar refractivity (Wildman–Crippen MR) is 87.2 cm³/mol. The van der Waals surface area contributed by atoms with Gasteiger partial charge in [0.25, 0.3) is 0 Å². The second-order valence-electron chi connectivity index (χ2n) is 6.11. The van der Waals surface area contributed by atoms with Crippen molar-refractivity contribution in [3.05, 3.63) is 23.4 Å². The Morgan fingerprint density at radius 2 is 2.00 bits per heavy atom. The summed E-state index contributed by atoms with van der Waals surface area (Å²) >= 11 is 0. The van der Waals surface area contributed by atoms with Gasteiger partial charge in [-0.1, -0.05) is 26.0 Å². The van der Waals surface area contributed by atoms with E-state index >= 15 is 0 Å². The molecule has 0 heterocycles. The van der Waals surface area contributed by atoms with Crippen LogP contribution in [-0.2, 0) is 9.53 Å². The maximum absolute atomic E-state index is 12.1. The largest absolute Gasteiger partial charge is 0.467 e. The average molecular weight is 292 g/mol. The Morgan fingerprint density at radius 1 is 1.38 bits per heavy atom. The zero-order chi connectivity index (χ0) is 16.2. The summed E-state index contributed by atoms with van der Waals surface area (Å²) in [7, 11) is 3.35. The molecule has 0 fully saturated rings. The van der Waals surface area contributed by atoms with E-state index in [1.54, 1.807) is 0 Å². The Bertz CT molecular complexity index is 475. The molecule has 21 heavy (non-hydrogen) atoms. The normalized spacial score (nSPS) is 17.2. The summed E-state index contributed by atoms with van der Waals surface area (Å²) in [5, 5.41) is 0. The first-order valence-corrected chi connectivity index (χ1v) is 7.53. The van der Waals surface area contributed by atoms with Gasteiger partial charge in [0.2, 0.25) is 0 Å². The van der Waals surface area contributed by atoms with Crippen LogP contribution >= 0.6 is 0 Å². The highest BCUT2D eigenvalue weighted by atomic mass is 16.5. The molecule has 1 rings (SSSR count). The number of aliphatic imine (C=N–C) groups is 1. The molecule has 0 amide bonds. The van der Waals surface area contributed by atoms with E-state index < -0.39 is 0 Å². The zero-order valence-electron chi connectivity index (χ0n) is 14.2. The number of esters is 1. The summed E-state index contributed by atoms with van der Waals surface area (Å²) in [5.41, 5.74) is 3.35. The molecule has 0 aromatic carbocycles. The van der Waals surface area contributed by atoms with Gasteiger partial charge in [0.15, 0.2) is 0 Å². The highest BCUT2D eigenvalue weighted by molar-refractivity contribution is 6.01. The standard InChI is InChI=1S/C17H28N2O2/c1-11(2)15(17(20)21-7)19(6)16(18-12(3)4)14-10-8-9-13(14)5/h11,15H,3,8-10H2,1-2,4-7H3/b18-16+. The first-order valence-electron chi connectivity index (χ1n) is 7.53. The number of ether oxygens (including phenoxy) is 1. The third kappa shape index (κ3) is 4.19. The second kappa shape index (κ2) is 7.43. The van der Waals surface area contributed by atoms with E-state index in [4.69, 9.17) is 4.74 Å². The molecule has 0 spiro atoms. The molecule has 0 aromatic rings. The summed E-state index contributed by atoms with van der Waals surface area (Å²) < 4.78 is 4.97. The lowest BCUT2D eigenvalue weighted by Gasteiger charge is -2.32. The van der Waals surface area contributed by atoms with Crippen molar-refractivity contribution >= 4 is 11.8 Å². The Hall–Kier alpha value is -1.58. The number of carbonyl (C=O) groups excluding carboxylic acids is 1. The van der Waals surface area contributed by atoms with E-state index in [0.717, 1.165) is 30.8 Å². The van der Waals surface area contributed by atoms with Crippen molar-refractivity contribution in [3.8, 4) is 0 Å². The van der Waals surface area contributed by atoms with Crippen LogP contribution in [0.2, 0.25) is 0 Å². The summed E-state index contributed by atoms with van der Waals surface area (Å²) in [6, 6.07) is -0.339. The van der Waals surface area contributed by atoms with E-state index in [0.29, 0.717) is 0 Å². The summed E-state index contributed by atoms with van der Waals surface area (Å²) in [5.74, 6) is 0.778. The van der Waals surface area contributed by atoms with Crippen LogP contribution in [0, 0.1) is 5.92 Å². The lowest BCUT2D eigenvalue weighted by molar-refractivity contribution is -0.146. The van der Waals surface area contributed by atoms with Gasteiger partial charge in [-0.3, -0.25) is 0 Å². The van der Waals surface area contributed by atoms with Crippen LogP contribution in [0.1, 0.15) is 47.0 Å². The van der Waals surface area contributed by atoms with Crippen LogP contribution in [0.5, 0.6) is 0 Å². The molecule has 1 aliphatic carbocycles. The fraction of sp³-hybridized carbons (Fsp3) is 0.647. The number of carbonyl (C=O) groups is 1. The third-order valence-corrected chi connectivity index (χ3v) is 3.89. The monoisotopic (exact) mass is 292 g/mol. The first kappa shape index (κ1) is 17.5. The molecular weight excluding hydrogens is 264 g/mol. The lowest BCUT2D eigenvalue weighted by atomic mass is 10.0. The molecule has 0 aliphatic heterocycles. The van der Waals surface area contributed by atoms with Gasteiger partial charge >= 0.3 is 5.97 Å². The molecule has 1 atom stereocenters. The maximum atomic E-state index is 12.1. The van der Waals surface area contributed by atoms with E-state index in [1.165, 1.54) is 18.3 Å². The topological polar surface area (TPSA) is 41.9 Å². The maximum Gasteiger partial charge on any atom is 0.328 e. The minimum Gasteiger partial charge on any atom is -0.467 e. The van der Waals surface area contributed by atoms with Gasteiger partial charge in [0, 0.05) is 12.7 Å². The molecule has 4 heteroatoms. The van der Waals surface area contributed by atoms with Gasteiger partial charge in [-0.2, -0.15) is 0 Å². The molecule has 0 bridgehead atoms. The van der Waals surface area contributed by atoms with Gasteiger partial charge in [0.1, 0.15) is 11.9 Å². The number of likely N-dealkylation sites (N-methyl/N-ethyl adjacent to an activating group) is 1. The van der Waals surface area contributed by atoms with Crippen molar-refractivity contribution in [1.29, 1.82) is 0 Å². The summed E-state index contributed by atoms with van der Waals surface area (Å²) in [6.07, 6.45) is 3.26. The SMILES string of the molecule is C=C(C)/N=C(\C1=C(C)CCC1)N(C)C(C(=O)OC)C(C)C. The van der Waals surface area contributed by atoms with Crippen molar-refractivity contribution < 1.29 is 9.53 Å². The number of methoxy groups -OCH3 is 1. The van der Waals surface area contributed by atoms with Crippen molar-refractivity contribution in [2.45, 2.75) is 53.0 Å². The van der Waals surface area contributed by atoms with Crippen molar-refractivity contribution in [2.24, 2.45) is 10.9 Å². The number of hydrogen-bond donors (Lipinski definition) is 0. The first-order chi connectivity index (χ1) is 9.79. The molecule has 0 saturated carbocycles. The average Bonchev–Trinajstić information content (AvgIpc) is 2.81. The Balaban J connectivity index is 3.22. The van der Waals surface area contributed by atoms with E-state index in [-0.39, 0.29) is 17.9 Å². The van der Waals surface area contributed by atoms with Crippen LogP contribution in [0.3, 0.4) is 0 Å². The number of rotatable bonds is 5. The number of allylic oxidation sites excluding steroid dienone is 2. The number of amidine groups is 1. The Kier molecular flexibility index (Phi) is 6.19. The van der Waals surface area contributed by atoms with Crippen LogP contribution in [-0.4, -0.2) is 36.9 Å². The van der Waals surface area contributed by atoms with Crippen LogP contribution in [0.25, 0.3) is 0 Å². The van der Waals surface area contributed by atoms with Crippen molar-refractivity contribution in [3.63, 3.8) is 0 Å². The third-order valence-electron chi connectivity index (χ3n) is 3.89. The highest BCUT2D eigenvalue weighted by Gasteiger charge is 2.32. The Labute approximate surface area is 128 Å². The van der Waals surface area contributed by atoms with Crippen LogP contribution < -0.4 is 0 Å². The lowest BCUT2D eigenvalue weighted by Crippen LogP contribution is -2.47. The number of nitrogens with zero attached hydrogens (tertiary/aromatic N) is 2. The van der Waals surface area contributed by atoms with Gasteiger partial charge in [-0.05, 0) is 44.6 Å². The number of hydrogen-bond acceptors (Lipinski definition) is 3. The van der Waals surface area contributed by atoms with Gasteiger partial charge in [0.05, 0.1) is 7.11 Å². The molecule has 0 N–H and O–H groups in total. The highest BCUT2D eigenvalue weighted by Crippen LogP contribution is 2.29. The second-order valence-corrected chi connectivity index (χ2v) is 6.11. The Morgan fingerprint density at radius 3 is 2.38 bits per heavy atom. The quantitative estimate of drug-likeness (QED) is 0.442. The minimum absolute atomic E-state index is 0.139. The molecular formula is C17H28N2O2. The van der Waals surface area contributed by atoms with Crippen molar-refractivity contribution in [2.75, 3.05) is 14.2 Å². The summed E-state index contributed by atoms with van der Waals surface area (Å²) in [4.78, 5) is 18.7. The fourth-order valence-electron chi connectivity index (χ4n) is 2.87. The van der Waals surface area contributed by atoms with Crippen LogP contribution in [0.4, 0.5) is 0 Å². The fourth-order valence-corrected chi connectivity index (χ4v) is 2.87. The predicted octanol–water partition coefficient (Wildman–Crippen LogP) is 3.55. The van der Waals surface area contributed by atoms with Crippen molar-refractivity contribution in [1.82, 2.24) is 4.90 Å². The van der Waals surface area contributed by atoms with Gasteiger partial charge in [-0.25, -0.2) is 9.79 Å². The molecule has 0 saturated heterocycles. The molecule has 0 aromatic heterocycles. The molecule has 118 valence electrons. The molecule has 1 unspecified atom stereocenters.